The van der Waals surface area contributed by atoms with Gasteiger partial charge in [-0.15, -0.1) is 0 Å². The lowest BCUT2D eigenvalue weighted by Crippen LogP contribution is -2.47. The third kappa shape index (κ3) is 5.29. The van der Waals surface area contributed by atoms with Crippen LogP contribution in [0.5, 0.6) is 0 Å². The Morgan fingerprint density at radius 2 is 1.82 bits per heavy atom. The lowest BCUT2D eigenvalue weighted by molar-refractivity contribution is -0.125. The van der Waals surface area contributed by atoms with Gasteiger partial charge in [0.2, 0.25) is 5.91 Å². The molecule has 34 heavy (non-hydrogen) atoms. The zero-order valence-electron chi connectivity index (χ0n) is 19.3. The van der Waals surface area contributed by atoms with Crippen LogP contribution in [0.4, 0.5) is 5.82 Å². The van der Waals surface area contributed by atoms with E-state index >= 15 is 0 Å². The molecule has 8 heteroatoms. The fourth-order valence-electron chi connectivity index (χ4n) is 3.71. The number of pyridine rings is 1. The third-order valence-corrected chi connectivity index (χ3v) is 6.01. The summed E-state index contributed by atoms with van der Waals surface area (Å²) in [6, 6.07) is 11.7. The molecule has 1 aliphatic rings. The SMILES string of the molecule is Cc1cc(C#Cc2ccccc2)cnc1NC(=O)c1c(Cl)cnn1[C@H]1C[C@H](NC(=O)C(C)C)C1. The summed E-state index contributed by atoms with van der Waals surface area (Å²) in [5, 5.41) is 10.4. The number of nitrogens with one attached hydrogen (secondary N) is 2. The van der Waals surface area contributed by atoms with Crippen LogP contribution in [0.15, 0.2) is 48.8 Å². The molecule has 7 nitrogen and oxygen atoms in total. The van der Waals surface area contributed by atoms with E-state index in [4.69, 9.17) is 11.6 Å². The number of hydrogen-bond acceptors (Lipinski definition) is 4. The van der Waals surface area contributed by atoms with Crippen LogP contribution in [0.2, 0.25) is 5.02 Å². The highest BCUT2D eigenvalue weighted by Gasteiger charge is 2.35. The van der Waals surface area contributed by atoms with Crippen molar-refractivity contribution in [3.05, 3.63) is 76.2 Å². The van der Waals surface area contributed by atoms with Crippen molar-refractivity contribution >= 4 is 29.2 Å². The van der Waals surface area contributed by atoms with Gasteiger partial charge in [0.1, 0.15) is 11.5 Å². The Labute approximate surface area is 203 Å². The van der Waals surface area contributed by atoms with E-state index in [2.05, 4.69) is 32.6 Å². The van der Waals surface area contributed by atoms with Crippen LogP contribution in [0.25, 0.3) is 0 Å². The van der Waals surface area contributed by atoms with Crippen LogP contribution >= 0.6 is 11.6 Å². The molecule has 0 atom stereocenters. The Morgan fingerprint density at radius 3 is 2.50 bits per heavy atom. The average Bonchev–Trinajstić information content (AvgIpc) is 3.17. The molecule has 0 aliphatic heterocycles. The first kappa shape index (κ1) is 23.5. The Kier molecular flexibility index (Phi) is 6.99. The molecule has 1 saturated carbocycles. The van der Waals surface area contributed by atoms with Crippen LogP contribution in [0.3, 0.4) is 0 Å². The first-order valence-electron chi connectivity index (χ1n) is 11.2. The van der Waals surface area contributed by atoms with Crippen molar-refractivity contribution < 1.29 is 9.59 Å². The standard InChI is InChI=1S/C26H26ClN5O2/c1-16(2)25(33)30-20-12-21(13-20)32-23(22(27)15-29-32)26(34)31-24-17(3)11-19(14-28-24)10-9-18-7-5-4-6-8-18/h4-8,11,14-16,20-21H,12-13H2,1-3H3,(H,30,33)(H,28,31,34)/t20-,21-. The number of carbonyl (C=O) groups is 2. The molecule has 1 fully saturated rings. The van der Waals surface area contributed by atoms with Gasteiger partial charge in [0, 0.05) is 29.3 Å². The number of nitrogens with zero attached hydrogens (tertiary/aromatic N) is 3. The van der Waals surface area contributed by atoms with E-state index in [-0.39, 0.29) is 40.5 Å². The molecule has 3 aromatic rings. The molecule has 0 unspecified atom stereocenters. The number of carbonyl (C=O) groups excluding carboxylic acids is 2. The minimum Gasteiger partial charge on any atom is -0.353 e. The van der Waals surface area contributed by atoms with Crippen LogP contribution in [0.1, 0.15) is 59.9 Å². The molecule has 4 rings (SSSR count). The lowest BCUT2D eigenvalue weighted by Gasteiger charge is -2.36. The van der Waals surface area contributed by atoms with Crippen molar-refractivity contribution in [1.82, 2.24) is 20.1 Å². The minimum absolute atomic E-state index is 0.00425. The second kappa shape index (κ2) is 10.1. The second-order valence-electron chi connectivity index (χ2n) is 8.73. The minimum atomic E-state index is -0.379. The molecule has 2 amide bonds. The van der Waals surface area contributed by atoms with Crippen molar-refractivity contribution in [1.29, 1.82) is 0 Å². The zero-order valence-corrected chi connectivity index (χ0v) is 20.1. The number of benzene rings is 1. The van der Waals surface area contributed by atoms with Gasteiger partial charge < -0.3 is 10.6 Å². The van der Waals surface area contributed by atoms with Crippen molar-refractivity contribution in [2.24, 2.45) is 5.92 Å². The monoisotopic (exact) mass is 475 g/mol. The molecule has 2 heterocycles. The number of aryl methyl sites for hydroxylation is 1. The molecule has 2 N–H and O–H groups in total. The van der Waals surface area contributed by atoms with Crippen LogP contribution in [0, 0.1) is 24.7 Å². The van der Waals surface area contributed by atoms with E-state index in [1.54, 1.807) is 10.9 Å². The van der Waals surface area contributed by atoms with Crippen molar-refractivity contribution in [3.63, 3.8) is 0 Å². The summed E-state index contributed by atoms with van der Waals surface area (Å²) in [4.78, 5) is 29.4. The molecule has 0 bridgehead atoms. The highest BCUT2D eigenvalue weighted by atomic mass is 35.5. The maximum Gasteiger partial charge on any atom is 0.276 e. The van der Waals surface area contributed by atoms with Crippen LogP contribution < -0.4 is 10.6 Å². The van der Waals surface area contributed by atoms with Crippen LogP contribution in [-0.2, 0) is 4.79 Å². The molecule has 0 radical (unpaired) electrons. The van der Waals surface area contributed by atoms with E-state index < -0.39 is 0 Å². The number of halogens is 1. The summed E-state index contributed by atoms with van der Waals surface area (Å²) in [7, 11) is 0. The predicted octanol–water partition coefficient (Wildman–Crippen LogP) is 4.37. The fourth-order valence-corrected chi connectivity index (χ4v) is 3.93. The van der Waals surface area contributed by atoms with E-state index in [1.165, 1.54) is 6.20 Å². The lowest BCUT2D eigenvalue weighted by atomic mass is 9.86. The normalized spacial score (nSPS) is 16.9. The van der Waals surface area contributed by atoms with E-state index in [0.29, 0.717) is 18.7 Å². The Hall–Kier alpha value is -3.63. The smallest absolute Gasteiger partial charge is 0.276 e. The van der Waals surface area contributed by atoms with Gasteiger partial charge in [-0.05, 0) is 43.5 Å². The highest BCUT2D eigenvalue weighted by Crippen LogP contribution is 2.34. The van der Waals surface area contributed by atoms with Crippen molar-refractivity contribution in [2.75, 3.05) is 5.32 Å². The molecular weight excluding hydrogens is 450 g/mol. The quantitative estimate of drug-likeness (QED) is 0.536. The molecule has 1 aliphatic carbocycles. The third-order valence-electron chi connectivity index (χ3n) is 5.73. The molecule has 2 aromatic heterocycles. The maximum absolute atomic E-state index is 13.1. The molecule has 0 spiro atoms. The number of hydrogen-bond donors (Lipinski definition) is 2. The number of rotatable bonds is 5. The number of aromatic nitrogens is 3. The van der Waals surface area contributed by atoms with Gasteiger partial charge in [0.25, 0.3) is 5.91 Å². The average molecular weight is 476 g/mol. The summed E-state index contributed by atoms with van der Waals surface area (Å²) in [5.74, 6) is 6.22. The zero-order chi connectivity index (χ0) is 24.2. The van der Waals surface area contributed by atoms with E-state index in [1.807, 2.05) is 57.2 Å². The molecule has 174 valence electrons. The molecule has 0 saturated heterocycles. The van der Waals surface area contributed by atoms with E-state index in [0.717, 1.165) is 16.7 Å². The number of amides is 2. The second-order valence-corrected chi connectivity index (χ2v) is 9.14. The van der Waals surface area contributed by atoms with E-state index in [9.17, 15) is 9.59 Å². The predicted molar refractivity (Wildman–Crippen MR) is 132 cm³/mol. The van der Waals surface area contributed by atoms with Gasteiger partial charge in [-0.1, -0.05) is 55.5 Å². The molecule has 1 aromatic carbocycles. The first-order chi connectivity index (χ1) is 16.3. The fraction of sp³-hybridized carbons (Fsp3) is 0.308. The van der Waals surface area contributed by atoms with Crippen LogP contribution in [-0.4, -0.2) is 32.6 Å². The summed E-state index contributed by atoms with van der Waals surface area (Å²) in [6.07, 6.45) is 4.50. The van der Waals surface area contributed by atoms with Gasteiger partial charge in [-0.2, -0.15) is 5.10 Å². The van der Waals surface area contributed by atoms with Crippen molar-refractivity contribution in [2.45, 2.75) is 45.7 Å². The topological polar surface area (TPSA) is 88.9 Å². The Bertz CT molecular complexity index is 1270. The van der Waals surface area contributed by atoms with Gasteiger partial charge in [-0.3, -0.25) is 14.3 Å². The summed E-state index contributed by atoms with van der Waals surface area (Å²) >= 11 is 6.31. The van der Waals surface area contributed by atoms with Gasteiger partial charge >= 0.3 is 0 Å². The first-order valence-corrected chi connectivity index (χ1v) is 11.6. The van der Waals surface area contributed by atoms with Gasteiger partial charge in [-0.25, -0.2) is 4.98 Å². The van der Waals surface area contributed by atoms with Gasteiger partial charge in [0.15, 0.2) is 0 Å². The summed E-state index contributed by atoms with van der Waals surface area (Å²) in [5.41, 5.74) is 2.75. The summed E-state index contributed by atoms with van der Waals surface area (Å²) < 4.78 is 1.64. The Balaban J connectivity index is 1.43. The molecular formula is C26H26ClN5O2. The largest absolute Gasteiger partial charge is 0.353 e. The summed E-state index contributed by atoms with van der Waals surface area (Å²) in [6.45, 7) is 5.59. The Morgan fingerprint density at radius 1 is 1.12 bits per heavy atom. The highest BCUT2D eigenvalue weighted by molar-refractivity contribution is 6.34. The number of anilines is 1. The van der Waals surface area contributed by atoms with Crippen molar-refractivity contribution in [3.8, 4) is 11.8 Å². The maximum atomic E-state index is 13.1. The van der Waals surface area contributed by atoms with Gasteiger partial charge in [0.05, 0.1) is 17.3 Å².